The van der Waals surface area contributed by atoms with Gasteiger partial charge in [-0.25, -0.2) is 0 Å². The fourth-order valence-electron chi connectivity index (χ4n) is 1.57. The second-order valence-corrected chi connectivity index (χ2v) is 5.21. The van der Waals surface area contributed by atoms with Gasteiger partial charge in [-0.1, -0.05) is 0 Å². The smallest absolute Gasteiger partial charge is 0.263 e. The van der Waals surface area contributed by atoms with E-state index < -0.39 is 0 Å². The van der Waals surface area contributed by atoms with Crippen LogP contribution in [0.5, 0.6) is 0 Å². The summed E-state index contributed by atoms with van der Waals surface area (Å²) in [5, 5.41) is 11.8. The van der Waals surface area contributed by atoms with Crippen molar-refractivity contribution in [2.75, 3.05) is 26.8 Å². The van der Waals surface area contributed by atoms with E-state index in [9.17, 15) is 4.79 Å². The molecule has 0 radical (unpaired) electrons. The van der Waals surface area contributed by atoms with Crippen LogP contribution in [-0.2, 0) is 9.53 Å². The molecule has 0 heterocycles. The van der Waals surface area contributed by atoms with E-state index in [0.717, 1.165) is 13.0 Å². The van der Waals surface area contributed by atoms with E-state index >= 15 is 0 Å². The second-order valence-electron chi connectivity index (χ2n) is 5.21. The number of hydrogen-bond acceptors (Lipinski definition) is 4. The van der Waals surface area contributed by atoms with Gasteiger partial charge in [0, 0.05) is 38.5 Å². The van der Waals surface area contributed by atoms with Crippen LogP contribution < -0.4 is 5.32 Å². The Morgan fingerprint density at radius 3 is 2.53 bits per heavy atom. The lowest BCUT2D eigenvalue weighted by molar-refractivity contribution is -0.117. The van der Waals surface area contributed by atoms with Crippen LogP contribution in [0, 0.1) is 11.3 Å². The van der Waals surface area contributed by atoms with Crippen LogP contribution >= 0.6 is 0 Å². The van der Waals surface area contributed by atoms with Gasteiger partial charge < -0.3 is 15.0 Å². The highest BCUT2D eigenvalue weighted by Gasteiger charge is 2.19. The van der Waals surface area contributed by atoms with Gasteiger partial charge in [0.15, 0.2) is 0 Å². The number of rotatable bonds is 7. The van der Waals surface area contributed by atoms with E-state index in [-0.39, 0.29) is 17.0 Å². The van der Waals surface area contributed by atoms with Gasteiger partial charge in [0.2, 0.25) is 0 Å². The van der Waals surface area contributed by atoms with Crippen molar-refractivity contribution >= 4 is 5.91 Å². The Labute approximate surface area is 116 Å². The molecule has 0 aliphatic carbocycles. The Kier molecular flexibility index (Phi) is 7.85. The maximum Gasteiger partial charge on any atom is 0.263 e. The van der Waals surface area contributed by atoms with Crippen molar-refractivity contribution < 1.29 is 9.53 Å². The molecular weight excluding hydrogens is 242 g/mol. The van der Waals surface area contributed by atoms with E-state index in [0.29, 0.717) is 13.2 Å². The molecule has 0 aliphatic heterocycles. The predicted octanol–water partition coefficient (Wildman–Crippen LogP) is 1.67. The molecule has 1 amide bonds. The molecule has 0 spiro atoms. The van der Waals surface area contributed by atoms with Crippen LogP contribution in [-0.4, -0.2) is 43.2 Å². The normalized spacial score (nSPS) is 11.9. The van der Waals surface area contributed by atoms with Crippen LogP contribution in [0.15, 0.2) is 11.8 Å². The zero-order chi connectivity index (χ0) is 14.9. The molecule has 0 aromatic carbocycles. The maximum absolute atomic E-state index is 11.8. The van der Waals surface area contributed by atoms with Crippen LogP contribution in [0.25, 0.3) is 0 Å². The maximum atomic E-state index is 11.8. The first-order chi connectivity index (χ1) is 8.86. The number of nitriles is 1. The minimum Gasteiger partial charge on any atom is -0.385 e. The van der Waals surface area contributed by atoms with E-state index in [1.165, 1.54) is 0 Å². The quantitative estimate of drug-likeness (QED) is 0.433. The highest BCUT2D eigenvalue weighted by molar-refractivity contribution is 5.97. The van der Waals surface area contributed by atoms with Gasteiger partial charge >= 0.3 is 0 Å². The number of nitrogens with one attached hydrogen (secondary N) is 1. The Morgan fingerprint density at radius 1 is 1.47 bits per heavy atom. The largest absolute Gasteiger partial charge is 0.385 e. The Hall–Kier alpha value is -1.54. The number of ether oxygens (including phenoxy) is 1. The number of hydrogen-bond donors (Lipinski definition) is 1. The molecule has 5 nitrogen and oxygen atoms in total. The monoisotopic (exact) mass is 267 g/mol. The molecule has 108 valence electrons. The van der Waals surface area contributed by atoms with Gasteiger partial charge in [-0.2, -0.15) is 5.26 Å². The Balaban J connectivity index is 4.63. The molecule has 0 rings (SSSR count). The Bertz CT molecular complexity index is 351. The van der Waals surface area contributed by atoms with E-state index in [2.05, 4.69) is 5.32 Å². The van der Waals surface area contributed by atoms with Crippen molar-refractivity contribution in [2.45, 2.75) is 39.7 Å². The molecule has 0 aromatic heterocycles. The molecule has 0 aliphatic rings. The highest BCUT2D eigenvalue weighted by Crippen LogP contribution is 2.14. The minimum atomic E-state index is -0.332. The predicted molar refractivity (Wildman–Crippen MR) is 75.3 cm³/mol. The van der Waals surface area contributed by atoms with Gasteiger partial charge in [0.25, 0.3) is 5.91 Å². The van der Waals surface area contributed by atoms with Crippen molar-refractivity contribution in [3.63, 3.8) is 0 Å². The van der Waals surface area contributed by atoms with Crippen molar-refractivity contribution in [3.05, 3.63) is 11.8 Å². The zero-order valence-corrected chi connectivity index (χ0v) is 12.6. The minimum absolute atomic E-state index is 0.118. The summed E-state index contributed by atoms with van der Waals surface area (Å²) < 4.78 is 4.90. The number of carbonyl (C=O) groups excluding carboxylic acids is 1. The number of methoxy groups -OCH3 is 1. The van der Waals surface area contributed by atoms with Crippen molar-refractivity contribution in [1.29, 1.82) is 5.26 Å². The SMILES string of the molecule is CCN(/C=C(/C#N)C(=O)NCCCOC)C(C)(C)C. The highest BCUT2D eigenvalue weighted by atomic mass is 16.5. The summed E-state index contributed by atoms with van der Waals surface area (Å²) in [6.07, 6.45) is 2.36. The average molecular weight is 267 g/mol. The van der Waals surface area contributed by atoms with E-state index in [1.54, 1.807) is 13.3 Å². The summed E-state index contributed by atoms with van der Waals surface area (Å²) in [6.45, 7) is 9.95. The lowest BCUT2D eigenvalue weighted by atomic mass is 10.1. The number of nitrogens with zero attached hydrogens (tertiary/aromatic N) is 2. The molecule has 0 fully saturated rings. The molecule has 0 aromatic rings. The summed E-state index contributed by atoms with van der Waals surface area (Å²) >= 11 is 0. The fourth-order valence-corrected chi connectivity index (χ4v) is 1.57. The van der Waals surface area contributed by atoms with Crippen LogP contribution in [0.4, 0.5) is 0 Å². The lowest BCUT2D eigenvalue weighted by Crippen LogP contribution is -2.38. The first-order valence-electron chi connectivity index (χ1n) is 6.52. The Morgan fingerprint density at radius 2 is 2.11 bits per heavy atom. The van der Waals surface area contributed by atoms with Crippen LogP contribution in [0.3, 0.4) is 0 Å². The third kappa shape index (κ3) is 6.82. The summed E-state index contributed by atoms with van der Waals surface area (Å²) in [4.78, 5) is 13.8. The summed E-state index contributed by atoms with van der Waals surface area (Å²) in [5.41, 5.74) is 0.0156. The first kappa shape index (κ1) is 17.5. The summed E-state index contributed by atoms with van der Waals surface area (Å²) in [5.74, 6) is -0.332. The summed E-state index contributed by atoms with van der Waals surface area (Å²) in [6, 6.07) is 1.96. The molecule has 1 N–H and O–H groups in total. The third-order valence-electron chi connectivity index (χ3n) is 2.66. The van der Waals surface area contributed by atoms with Gasteiger partial charge in [-0.3, -0.25) is 4.79 Å². The molecule has 0 bridgehead atoms. The van der Waals surface area contributed by atoms with Crippen LogP contribution in [0.2, 0.25) is 0 Å². The van der Waals surface area contributed by atoms with Gasteiger partial charge in [0.05, 0.1) is 0 Å². The molecule has 0 atom stereocenters. The van der Waals surface area contributed by atoms with Crippen molar-refractivity contribution in [3.8, 4) is 6.07 Å². The fraction of sp³-hybridized carbons (Fsp3) is 0.714. The van der Waals surface area contributed by atoms with E-state index in [4.69, 9.17) is 10.00 Å². The first-order valence-corrected chi connectivity index (χ1v) is 6.52. The summed E-state index contributed by atoms with van der Waals surface area (Å²) in [7, 11) is 1.62. The van der Waals surface area contributed by atoms with Gasteiger partial charge in [0.1, 0.15) is 11.6 Å². The molecule has 5 heteroatoms. The molecule has 0 saturated carbocycles. The van der Waals surface area contributed by atoms with Gasteiger partial charge in [-0.05, 0) is 34.1 Å². The topological polar surface area (TPSA) is 65.4 Å². The zero-order valence-electron chi connectivity index (χ0n) is 12.6. The lowest BCUT2D eigenvalue weighted by Gasteiger charge is -2.33. The number of amides is 1. The standard InChI is InChI=1S/C14H25N3O2/c1-6-17(14(2,3)4)11-12(10-15)13(18)16-8-7-9-19-5/h11H,6-9H2,1-5H3,(H,16,18)/b12-11-. The number of carbonyl (C=O) groups is 1. The van der Waals surface area contributed by atoms with E-state index in [1.807, 2.05) is 38.7 Å². The molecule has 0 unspecified atom stereocenters. The average Bonchev–Trinajstić information content (AvgIpc) is 2.34. The third-order valence-corrected chi connectivity index (χ3v) is 2.66. The van der Waals surface area contributed by atoms with Gasteiger partial charge in [-0.15, -0.1) is 0 Å². The van der Waals surface area contributed by atoms with Crippen molar-refractivity contribution in [2.24, 2.45) is 0 Å². The van der Waals surface area contributed by atoms with Crippen LogP contribution in [0.1, 0.15) is 34.1 Å². The molecule has 0 saturated heterocycles. The molecular formula is C14H25N3O2. The molecule has 19 heavy (non-hydrogen) atoms. The van der Waals surface area contributed by atoms with Crippen molar-refractivity contribution in [1.82, 2.24) is 10.2 Å². The second kappa shape index (κ2) is 8.54.